The van der Waals surface area contributed by atoms with Crippen molar-refractivity contribution in [2.75, 3.05) is 5.32 Å². The number of hydrogen-bond acceptors (Lipinski definition) is 3. The summed E-state index contributed by atoms with van der Waals surface area (Å²) in [5, 5.41) is 7.84. The number of aromatic nitrogens is 3. The van der Waals surface area contributed by atoms with E-state index in [9.17, 15) is 4.79 Å². The van der Waals surface area contributed by atoms with Crippen LogP contribution in [-0.2, 0) is 0 Å². The van der Waals surface area contributed by atoms with Crippen LogP contribution >= 0.6 is 27.5 Å². The fraction of sp³-hybridized carbons (Fsp3) is 0. The van der Waals surface area contributed by atoms with Crippen LogP contribution in [0.3, 0.4) is 0 Å². The van der Waals surface area contributed by atoms with Gasteiger partial charge in [-0.1, -0.05) is 57.9 Å². The van der Waals surface area contributed by atoms with Crippen molar-refractivity contribution >= 4 is 39.1 Å². The van der Waals surface area contributed by atoms with E-state index in [-0.39, 0.29) is 5.82 Å². The number of rotatable bonds is 4. The molecule has 0 aliphatic carbocycles. The van der Waals surface area contributed by atoms with Crippen LogP contribution < -0.4 is 5.32 Å². The minimum Gasteiger partial charge on any atom is -0.319 e. The summed E-state index contributed by atoms with van der Waals surface area (Å²) in [5.74, 6) is 0.270. The van der Waals surface area contributed by atoms with Crippen molar-refractivity contribution in [1.29, 1.82) is 0 Å². The predicted molar refractivity (Wildman–Crippen MR) is 114 cm³/mol. The van der Waals surface area contributed by atoms with Gasteiger partial charge in [-0.2, -0.15) is 0 Å². The first kappa shape index (κ1) is 18.4. The maximum atomic E-state index is 12.7. The third kappa shape index (κ3) is 3.98. The van der Waals surface area contributed by atoms with E-state index >= 15 is 0 Å². The summed E-state index contributed by atoms with van der Waals surface area (Å²) in [7, 11) is 0. The zero-order valence-electron chi connectivity index (χ0n) is 14.5. The average molecular weight is 454 g/mol. The number of carbonyl (C=O) groups is 1. The van der Waals surface area contributed by atoms with E-state index in [0.29, 0.717) is 16.5 Å². The number of amides is 1. The van der Waals surface area contributed by atoms with Crippen LogP contribution in [0.15, 0.2) is 83.3 Å². The Kier molecular flexibility index (Phi) is 5.23. The van der Waals surface area contributed by atoms with Crippen LogP contribution in [0.4, 0.5) is 5.69 Å². The molecule has 1 aromatic heterocycles. The maximum absolute atomic E-state index is 12.7. The zero-order chi connectivity index (χ0) is 19.5. The summed E-state index contributed by atoms with van der Waals surface area (Å²) < 4.78 is 2.63. The fourth-order valence-corrected chi connectivity index (χ4v) is 3.05. The van der Waals surface area contributed by atoms with Crippen molar-refractivity contribution in [1.82, 2.24) is 14.8 Å². The van der Waals surface area contributed by atoms with Crippen molar-refractivity contribution in [2.45, 2.75) is 0 Å². The Labute approximate surface area is 175 Å². The molecule has 1 N–H and O–H groups in total. The quantitative estimate of drug-likeness (QED) is 0.437. The van der Waals surface area contributed by atoms with Crippen LogP contribution in [0.25, 0.3) is 17.1 Å². The van der Waals surface area contributed by atoms with Gasteiger partial charge in [0.2, 0.25) is 5.82 Å². The second-order valence-electron chi connectivity index (χ2n) is 5.97. The number of nitrogens with zero attached hydrogens (tertiary/aromatic N) is 3. The van der Waals surface area contributed by atoms with Gasteiger partial charge in [0.25, 0.3) is 5.91 Å². The van der Waals surface area contributed by atoms with E-state index < -0.39 is 5.91 Å². The highest BCUT2D eigenvalue weighted by Crippen LogP contribution is 2.23. The maximum Gasteiger partial charge on any atom is 0.295 e. The normalized spacial score (nSPS) is 10.6. The Morgan fingerprint density at radius 3 is 2.29 bits per heavy atom. The smallest absolute Gasteiger partial charge is 0.295 e. The Hall–Kier alpha value is -2.96. The lowest BCUT2D eigenvalue weighted by Crippen LogP contribution is -2.14. The van der Waals surface area contributed by atoms with Gasteiger partial charge in [0.1, 0.15) is 0 Å². The molecule has 3 aromatic carbocycles. The van der Waals surface area contributed by atoms with E-state index in [2.05, 4.69) is 31.3 Å². The third-order valence-corrected chi connectivity index (χ3v) is 4.80. The van der Waals surface area contributed by atoms with E-state index in [1.54, 1.807) is 28.9 Å². The molecule has 4 rings (SSSR count). The van der Waals surface area contributed by atoms with Gasteiger partial charge >= 0.3 is 0 Å². The van der Waals surface area contributed by atoms with Crippen LogP contribution in [0.5, 0.6) is 0 Å². The van der Waals surface area contributed by atoms with E-state index in [0.717, 1.165) is 15.7 Å². The summed E-state index contributed by atoms with van der Waals surface area (Å²) in [6, 6.07) is 24.1. The molecule has 0 aliphatic rings. The molecule has 1 amide bonds. The number of nitrogens with one attached hydrogen (secondary N) is 1. The van der Waals surface area contributed by atoms with Crippen molar-refractivity contribution in [2.24, 2.45) is 0 Å². The highest BCUT2D eigenvalue weighted by molar-refractivity contribution is 9.10. The summed E-state index contributed by atoms with van der Waals surface area (Å²) in [5.41, 5.74) is 2.29. The van der Waals surface area contributed by atoms with Crippen molar-refractivity contribution in [3.8, 4) is 17.1 Å². The molecule has 0 bridgehead atoms. The van der Waals surface area contributed by atoms with Gasteiger partial charge in [0, 0.05) is 20.7 Å². The summed E-state index contributed by atoms with van der Waals surface area (Å²) in [6.07, 6.45) is 0. The van der Waals surface area contributed by atoms with E-state index in [1.165, 1.54) is 0 Å². The molecule has 0 aliphatic heterocycles. The molecule has 1 heterocycles. The second-order valence-corrected chi connectivity index (χ2v) is 7.33. The Bertz CT molecular complexity index is 1110. The van der Waals surface area contributed by atoms with Crippen LogP contribution in [0.2, 0.25) is 5.02 Å². The molecule has 4 aromatic rings. The molecule has 0 saturated carbocycles. The van der Waals surface area contributed by atoms with Gasteiger partial charge in [-0.3, -0.25) is 4.79 Å². The number of carbonyl (C=O) groups excluding carboxylic acids is 1. The van der Waals surface area contributed by atoms with Gasteiger partial charge in [-0.15, -0.1) is 5.10 Å². The van der Waals surface area contributed by atoms with Gasteiger partial charge in [0.15, 0.2) is 5.82 Å². The van der Waals surface area contributed by atoms with Crippen LogP contribution in [-0.4, -0.2) is 20.7 Å². The average Bonchev–Trinajstić information content (AvgIpc) is 3.16. The molecule has 138 valence electrons. The third-order valence-electron chi connectivity index (χ3n) is 4.02. The minimum atomic E-state index is -0.393. The van der Waals surface area contributed by atoms with Crippen molar-refractivity contribution < 1.29 is 4.79 Å². The van der Waals surface area contributed by atoms with E-state index in [1.807, 2.05) is 54.6 Å². The predicted octanol–water partition coefficient (Wildman–Crippen LogP) is 5.60. The largest absolute Gasteiger partial charge is 0.319 e. The van der Waals surface area contributed by atoms with Crippen molar-refractivity contribution in [3.63, 3.8) is 0 Å². The standard InChI is InChI=1S/C21H14BrClN4O/c22-15-8-6-14(7-9-15)20-25-19(26-27(20)18-4-2-1-3-5-18)21(28)24-17-12-10-16(23)11-13-17/h1-13H,(H,24,28). The van der Waals surface area contributed by atoms with Gasteiger partial charge in [-0.05, 0) is 48.5 Å². The Balaban J connectivity index is 1.73. The van der Waals surface area contributed by atoms with Crippen molar-refractivity contribution in [3.05, 3.63) is 94.2 Å². The van der Waals surface area contributed by atoms with Gasteiger partial charge in [-0.25, -0.2) is 9.67 Å². The first-order valence-corrected chi connectivity index (χ1v) is 9.62. The molecule has 0 fully saturated rings. The number of hydrogen-bond donors (Lipinski definition) is 1. The molecule has 0 radical (unpaired) electrons. The Morgan fingerprint density at radius 2 is 1.61 bits per heavy atom. The topological polar surface area (TPSA) is 59.8 Å². The number of para-hydroxylation sites is 1. The Morgan fingerprint density at radius 1 is 0.929 bits per heavy atom. The monoisotopic (exact) mass is 452 g/mol. The highest BCUT2D eigenvalue weighted by Gasteiger charge is 2.19. The molecular weight excluding hydrogens is 440 g/mol. The summed E-state index contributed by atoms with van der Waals surface area (Å²) in [4.78, 5) is 17.2. The zero-order valence-corrected chi connectivity index (χ0v) is 16.9. The number of anilines is 1. The fourth-order valence-electron chi connectivity index (χ4n) is 2.66. The van der Waals surface area contributed by atoms with Gasteiger partial charge < -0.3 is 5.32 Å². The molecule has 5 nitrogen and oxygen atoms in total. The SMILES string of the molecule is O=C(Nc1ccc(Cl)cc1)c1nc(-c2ccc(Br)cc2)n(-c2ccccc2)n1. The number of benzene rings is 3. The van der Waals surface area contributed by atoms with E-state index in [4.69, 9.17) is 11.6 Å². The van der Waals surface area contributed by atoms with Gasteiger partial charge in [0.05, 0.1) is 5.69 Å². The number of halogens is 2. The molecule has 7 heteroatoms. The molecular formula is C21H14BrClN4O. The lowest BCUT2D eigenvalue weighted by atomic mass is 10.2. The molecule has 0 atom stereocenters. The molecule has 0 saturated heterocycles. The second kappa shape index (κ2) is 7.96. The summed E-state index contributed by atoms with van der Waals surface area (Å²) in [6.45, 7) is 0. The van der Waals surface area contributed by atoms with Crippen LogP contribution in [0.1, 0.15) is 10.6 Å². The highest BCUT2D eigenvalue weighted by atomic mass is 79.9. The molecule has 0 spiro atoms. The first-order chi connectivity index (χ1) is 13.6. The van der Waals surface area contributed by atoms with Crippen LogP contribution in [0, 0.1) is 0 Å². The lowest BCUT2D eigenvalue weighted by Gasteiger charge is -2.05. The first-order valence-electron chi connectivity index (χ1n) is 8.45. The summed E-state index contributed by atoms with van der Waals surface area (Å²) >= 11 is 9.33. The lowest BCUT2D eigenvalue weighted by molar-refractivity contribution is 0.101. The molecule has 0 unspecified atom stereocenters. The minimum absolute atomic E-state index is 0.0803. The molecule has 28 heavy (non-hydrogen) atoms.